The molecule has 0 radical (unpaired) electrons. The lowest BCUT2D eigenvalue weighted by atomic mass is 9.92. The van der Waals surface area contributed by atoms with E-state index in [9.17, 15) is 9.18 Å². The van der Waals surface area contributed by atoms with E-state index >= 15 is 0 Å². The molecule has 116 valence electrons. The van der Waals surface area contributed by atoms with Crippen molar-refractivity contribution in [2.75, 3.05) is 25.1 Å². The summed E-state index contributed by atoms with van der Waals surface area (Å²) in [7, 11) is 0. The summed E-state index contributed by atoms with van der Waals surface area (Å²) in [4.78, 5) is 16.4. The van der Waals surface area contributed by atoms with Crippen molar-refractivity contribution in [3.8, 4) is 0 Å². The van der Waals surface area contributed by atoms with E-state index in [1.807, 2.05) is 13.8 Å². The molecule has 2 N–H and O–H groups in total. The van der Waals surface area contributed by atoms with Crippen LogP contribution in [0.25, 0.3) is 0 Å². The highest BCUT2D eigenvalue weighted by molar-refractivity contribution is 5.99. The molecule has 1 aliphatic rings. The van der Waals surface area contributed by atoms with Gasteiger partial charge in [-0.05, 0) is 32.3 Å². The van der Waals surface area contributed by atoms with Crippen LogP contribution in [0.1, 0.15) is 43.5 Å². The Hall–Kier alpha value is -1.69. The van der Waals surface area contributed by atoms with Crippen molar-refractivity contribution in [3.05, 3.63) is 23.6 Å². The Kier molecular flexibility index (Phi) is 5.12. The summed E-state index contributed by atoms with van der Waals surface area (Å²) in [6, 6.07) is 1.23. The van der Waals surface area contributed by atoms with Gasteiger partial charge in [-0.2, -0.15) is 0 Å². The van der Waals surface area contributed by atoms with Crippen LogP contribution in [0.5, 0.6) is 0 Å². The number of carbonyl (C=O) groups excluding carboxylic acids is 1. The molecule has 1 amide bonds. The highest BCUT2D eigenvalue weighted by Gasteiger charge is 2.30. The molecule has 1 saturated heterocycles. The SMILES string of the molecule is CCCNc1ncc(F)cc1C(=O)NC1(C)CCOCC1. The molecule has 5 nitrogen and oxygen atoms in total. The number of carbonyl (C=O) groups is 1. The molecule has 0 unspecified atom stereocenters. The fraction of sp³-hybridized carbons (Fsp3) is 0.600. The zero-order valence-corrected chi connectivity index (χ0v) is 12.5. The van der Waals surface area contributed by atoms with Crippen LogP contribution in [0.15, 0.2) is 12.3 Å². The topological polar surface area (TPSA) is 63.2 Å². The molecule has 2 heterocycles. The highest BCUT2D eigenvalue weighted by atomic mass is 19.1. The molecule has 1 aliphatic heterocycles. The molecule has 0 bridgehead atoms. The van der Waals surface area contributed by atoms with E-state index in [0.29, 0.717) is 25.6 Å². The Morgan fingerprint density at radius 3 is 2.86 bits per heavy atom. The fourth-order valence-corrected chi connectivity index (χ4v) is 2.28. The highest BCUT2D eigenvalue weighted by Crippen LogP contribution is 2.22. The maximum Gasteiger partial charge on any atom is 0.255 e. The maximum atomic E-state index is 13.4. The zero-order valence-electron chi connectivity index (χ0n) is 12.5. The van der Waals surface area contributed by atoms with Crippen LogP contribution in [0.2, 0.25) is 0 Å². The van der Waals surface area contributed by atoms with Crippen molar-refractivity contribution < 1.29 is 13.9 Å². The van der Waals surface area contributed by atoms with Crippen molar-refractivity contribution in [2.45, 2.75) is 38.6 Å². The number of pyridine rings is 1. The minimum absolute atomic E-state index is 0.246. The molecule has 6 heteroatoms. The van der Waals surface area contributed by atoms with Gasteiger partial charge in [0.15, 0.2) is 0 Å². The first-order valence-corrected chi connectivity index (χ1v) is 7.34. The van der Waals surface area contributed by atoms with Gasteiger partial charge in [0.2, 0.25) is 0 Å². The van der Waals surface area contributed by atoms with Gasteiger partial charge in [0, 0.05) is 25.3 Å². The van der Waals surface area contributed by atoms with Crippen LogP contribution in [0.4, 0.5) is 10.2 Å². The molecule has 0 saturated carbocycles. The molecular weight excluding hydrogens is 273 g/mol. The number of amides is 1. The lowest BCUT2D eigenvalue weighted by Crippen LogP contribution is -2.49. The summed E-state index contributed by atoms with van der Waals surface area (Å²) in [6.07, 6.45) is 3.51. The number of aromatic nitrogens is 1. The molecule has 0 atom stereocenters. The second-order valence-electron chi connectivity index (χ2n) is 5.60. The summed E-state index contributed by atoms with van der Waals surface area (Å²) in [5.41, 5.74) is -0.0693. The maximum absolute atomic E-state index is 13.4. The van der Waals surface area contributed by atoms with E-state index in [0.717, 1.165) is 25.5 Å². The Balaban J connectivity index is 2.15. The number of halogens is 1. The number of ether oxygens (including phenoxy) is 1. The lowest BCUT2D eigenvalue weighted by molar-refractivity contribution is 0.0423. The average molecular weight is 295 g/mol. The van der Waals surface area contributed by atoms with E-state index in [1.54, 1.807) is 0 Å². The first-order chi connectivity index (χ1) is 10.0. The van der Waals surface area contributed by atoms with E-state index < -0.39 is 5.82 Å². The number of nitrogens with one attached hydrogen (secondary N) is 2. The predicted molar refractivity (Wildman–Crippen MR) is 78.9 cm³/mol. The Bertz CT molecular complexity index is 502. The standard InChI is InChI=1S/C15H22FN3O2/c1-3-6-17-13-12(9-11(16)10-18-13)14(20)19-15(2)4-7-21-8-5-15/h9-10H,3-8H2,1-2H3,(H,17,18)(H,19,20). The van der Waals surface area contributed by atoms with E-state index in [-0.39, 0.29) is 17.0 Å². The lowest BCUT2D eigenvalue weighted by Gasteiger charge is -2.34. The minimum Gasteiger partial charge on any atom is -0.381 e. The number of nitrogens with zero attached hydrogens (tertiary/aromatic N) is 1. The zero-order chi connectivity index (χ0) is 15.3. The smallest absolute Gasteiger partial charge is 0.255 e. The molecule has 1 aromatic heterocycles. The first kappa shape index (κ1) is 15.7. The fourth-order valence-electron chi connectivity index (χ4n) is 2.28. The van der Waals surface area contributed by atoms with Crippen molar-refractivity contribution in [1.29, 1.82) is 0 Å². The number of rotatable bonds is 5. The summed E-state index contributed by atoms with van der Waals surface area (Å²) < 4.78 is 18.7. The Labute approximate surface area is 124 Å². The van der Waals surface area contributed by atoms with Gasteiger partial charge in [0.25, 0.3) is 5.91 Å². The summed E-state index contributed by atoms with van der Waals surface area (Å²) in [6.45, 7) is 5.93. The summed E-state index contributed by atoms with van der Waals surface area (Å²) >= 11 is 0. The molecule has 0 spiro atoms. The van der Waals surface area contributed by atoms with Gasteiger partial charge < -0.3 is 15.4 Å². The quantitative estimate of drug-likeness (QED) is 0.875. The molecule has 2 rings (SSSR count). The van der Waals surface area contributed by atoms with E-state index in [4.69, 9.17) is 4.74 Å². The van der Waals surface area contributed by atoms with Crippen molar-refractivity contribution >= 4 is 11.7 Å². The number of hydrogen-bond acceptors (Lipinski definition) is 4. The normalized spacial score (nSPS) is 17.3. The van der Waals surface area contributed by atoms with Crippen LogP contribution < -0.4 is 10.6 Å². The van der Waals surface area contributed by atoms with Crippen LogP contribution in [-0.2, 0) is 4.74 Å². The van der Waals surface area contributed by atoms with Gasteiger partial charge in [0.1, 0.15) is 11.6 Å². The second kappa shape index (κ2) is 6.85. The number of hydrogen-bond donors (Lipinski definition) is 2. The molecule has 1 aromatic rings. The van der Waals surface area contributed by atoms with Gasteiger partial charge in [-0.3, -0.25) is 4.79 Å². The van der Waals surface area contributed by atoms with Crippen LogP contribution in [-0.4, -0.2) is 36.2 Å². The second-order valence-corrected chi connectivity index (χ2v) is 5.60. The Morgan fingerprint density at radius 1 is 1.48 bits per heavy atom. The van der Waals surface area contributed by atoms with Crippen molar-refractivity contribution in [1.82, 2.24) is 10.3 Å². The third kappa shape index (κ3) is 4.14. The minimum atomic E-state index is -0.515. The Morgan fingerprint density at radius 2 is 2.19 bits per heavy atom. The summed E-state index contributed by atoms with van der Waals surface area (Å²) in [5.74, 6) is -0.393. The van der Waals surface area contributed by atoms with Gasteiger partial charge in [-0.25, -0.2) is 9.37 Å². The van der Waals surface area contributed by atoms with E-state index in [1.165, 1.54) is 6.07 Å². The third-order valence-corrected chi connectivity index (χ3v) is 3.65. The monoisotopic (exact) mass is 295 g/mol. The van der Waals surface area contributed by atoms with Crippen LogP contribution in [0.3, 0.4) is 0 Å². The number of anilines is 1. The molecule has 21 heavy (non-hydrogen) atoms. The third-order valence-electron chi connectivity index (χ3n) is 3.65. The predicted octanol–water partition coefficient (Wildman–Crippen LogP) is 2.34. The van der Waals surface area contributed by atoms with Gasteiger partial charge in [-0.1, -0.05) is 6.92 Å². The van der Waals surface area contributed by atoms with Crippen molar-refractivity contribution in [3.63, 3.8) is 0 Å². The van der Waals surface area contributed by atoms with Gasteiger partial charge in [-0.15, -0.1) is 0 Å². The largest absolute Gasteiger partial charge is 0.381 e. The average Bonchev–Trinajstić information content (AvgIpc) is 2.46. The van der Waals surface area contributed by atoms with Crippen LogP contribution >= 0.6 is 0 Å². The van der Waals surface area contributed by atoms with Crippen LogP contribution in [0, 0.1) is 5.82 Å². The summed E-state index contributed by atoms with van der Waals surface area (Å²) in [5, 5.41) is 6.05. The molecule has 0 aromatic carbocycles. The van der Waals surface area contributed by atoms with Gasteiger partial charge in [0.05, 0.1) is 11.8 Å². The van der Waals surface area contributed by atoms with E-state index in [2.05, 4.69) is 15.6 Å². The van der Waals surface area contributed by atoms with Crippen molar-refractivity contribution in [2.24, 2.45) is 0 Å². The van der Waals surface area contributed by atoms with Gasteiger partial charge >= 0.3 is 0 Å². The molecular formula is C15H22FN3O2. The molecule has 1 fully saturated rings. The molecule has 0 aliphatic carbocycles. The first-order valence-electron chi connectivity index (χ1n) is 7.34.